The summed E-state index contributed by atoms with van der Waals surface area (Å²) in [4.78, 5) is 58.7. The summed E-state index contributed by atoms with van der Waals surface area (Å²) in [5.74, 6) is -1.57. The highest BCUT2D eigenvalue weighted by Crippen LogP contribution is 2.23. The maximum Gasteiger partial charge on any atom is 0.287 e. The highest BCUT2D eigenvalue weighted by atomic mass is 35.5. The lowest BCUT2D eigenvalue weighted by Crippen LogP contribution is -2.55. The third-order valence-corrected chi connectivity index (χ3v) is 8.07. The van der Waals surface area contributed by atoms with Gasteiger partial charge in [-0.25, -0.2) is 0 Å². The fourth-order valence-electron chi connectivity index (χ4n) is 5.36. The summed E-state index contributed by atoms with van der Waals surface area (Å²) in [5, 5.41) is 16.3. The molecule has 1 aliphatic rings. The van der Waals surface area contributed by atoms with E-state index in [9.17, 15) is 24.3 Å². The lowest BCUT2D eigenvalue weighted by molar-refractivity contribution is -0.133. The lowest BCUT2D eigenvalue weighted by Gasteiger charge is -2.38. The first-order chi connectivity index (χ1) is 22.1. The van der Waals surface area contributed by atoms with Crippen molar-refractivity contribution in [1.29, 1.82) is 0 Å². The fourth-order valence-corrected chi connectivity index (χ4v) is 5.49. The maximum atomic E-state index is 13.9. The Bertz CT molecular complexity index is 1780. The quantitative estimate of drug-likeness (QED) is 0.240. The molecule has 1 aliphatic heterocycles. The minimum absolute atomic E-state index is 0.0565. The van der Waals surface area contributed by atoms with Crippen molar-refractivity contribution in [1.82, 2.24) is 20.4 Å². The van der Waals surface area contributed by atoms with Crippen LogP contribution in [-0.2, 0) is 11.2 Å². The van der Waals surface area contributed by atoms with E-state index in [2.05, 4.69) is 15.5 Å². The van der Waals surface area contributed by atoms with Crippen LogP contribution in [-0.4, -0.2) is 92.0 Å². The summed E-state index contributed by atoms with van der Waals surface area (Å²) >= 11 is 6.07. The number of nitrogens with one attached hydrogen (secondary N) is 2. The number of fused-ring (bicyclic) bond motifs is 1. The first kappa shape index (κ1) is 32.5. The molecule has 0 bridgehead atoms. The molecule has 1 aromatic heterocycles. The Morgan fingerprint density at radius 3 is 2.39 bits per heavy atom. The third-order valence-electron chi connectivity index (χ3n) is 7.82. The topological polar surface area (TPSA) is 135 Å². The van der Waals surface area contributed by atoms with E-state index in [0.717, 1.165) is 23.9 Å². The number of benzene rings is 3. The van der Waals surface area contributed by atoms with Crippen molar-refractivity contribution in [3.8, 4) is 5.75 Å². The number of phenols is 1. The molecule has 12 heteroatoms. The Morgan fingerprint density at radius 2 is 1.67 bits per heavy atom. The molecular weight excluding hydrogens is 610 g/mol. The molecule has 240 valence electrons. The van der Waals surface area contributed by atoms with Crippen molar-refractivity contribution in [3.63, 3.8) is 0 Å². The number of rotatable bonds is 10. The third kappa shape index (κ3) is 7.85. The van der Waals surface area contributed by atoms with Crippen LogP contribution in [0, 0.1) is 0 Å². The van der Waals surface area contributed by atoms with E-state index >= 15 is 0 Å². The molecule has 1 atom stereocenters. The second-order valence-electron chi connectivity index (χ2n) is 11.4. The van der Waals surface area contributed by atoms with Gasteiger partial charge in [0.1, 0.15) is 17.4 Å². The molecule has 0 aliphatic carbocycles. The van der Waals surface area contributed by atoms with E-state index < -0.39 is 17.4 Å². The smallest absolute Gasteiger partial charge is 0.287 e. The number of amides is 3. The van der Waals surface area contributed by atoms with Crippen LogP contribution in [0.25, 0.3) is 11.0 Å². The number of hydrogen-bond donors (Lipinski definition) is 3. The molecule has 3 aromatic carbocycles. The number of nitrogens with zero attached hydrogens (tertiary/aromatic N) is 3. The summed E-state index contributed by atoms with van der Waals surface area (Å²) in [7, 11) is 3.89. The standard InChI is InChI=1S/C34H36ClN5O6/c1-38(2)14-13-36-32(43)25-5-3-4-6-28(25)39-15-17-40(18-16-39)34(45)27(19-22-7-9-23(35)10-8-22)37-33(44)31-21-29(42)26-12-11-24(41)20-30(26)46-31/h3-12,20-21,27,41H,13-19H2,1-2H3,(H,36,43)(H,37,44)/t27-/m1/s1. The van der Waals surface area contributed by atoms with Crippen LogP contribution in [0.3, 0.4) is 0 Å². The fraction of sp³-hybridized carbons (Fsp3) is 0.294. The van der Waals surface area contributed by atoms with E-state index in [1.165, 1.54) is 18.2 Å². The van der Waals surface area contributed by atoms with Gasteiger partial charge in [0.25, 0.3) is 11.8 Å². The van der Waals surface area contributed by atoms with Gasteiger partial charge in [0.15, 0.2) is 11.2 Å². The maximum absolute atomic E-state index is 13.9. The van der Waals surface area contributed by atoms with Crippen molar-refractivity contribution in [3.05, 3.63) is 105 Å². The Balaban J connectivity index is 1.31. The number of carbonyl (C=O) groups is 3. The summed E-state index contributed by atoms with van der Waals surface area (Å²) in [6.07, 6.45) is 0.177. The molecule has 1 saturated heterocycles. The molecule has 0 radical (unpaired) electrons. The van der Waals surface area contributed by atoms with Gasteiger partial charge >= 0.3 is 0 Å². The van der Waals surface area contributed by atoms with Crippen LogP contribution >= 0.6 is 11.6 Å². The SMILES string of the molecule is CN(C)CCNC(=O)c1ccccc1N1CCN(C(=O)[C@@H](Cc2ccc(Cl)cc2)NC(=O)c2cc(=O)c3ccc(O)cc3o2)CC1. The number of aromatic hydroxyl groups is 1. The van der Waals surface area contributed by atoms with E-state index in [-0.39, 0.29) is 40.7 Å². The number of halogens is 1. The predicted octanol–water partition coefficient (Wildman–Crippen LogP) is 3.13. The summed E-state index contributed by atoms with van der Waals surface area (Å²) in [6, 6.07) is 18.5. The largest absolute Gasteiger partial charge is 0.508 e. The molecular formula is C34H36ClN5O6. The number of anilines is 1. The molecule has 2 heterocycles. The number of phenolic OH excluding ortho intramolecular Hbond substituents is 1. The molecule has 1 fully saturated rings. The van der Waals surface area contributed by atoms with Crippen LogP contribution in [0.15, 0.2) is 82.0 Å². The van der Waals surface area contributed by atoms with Crippen molar-refractivity contribution >= 4 is 46.0 Å². The van der Waals surface area contributed by atoms with Gasteiger partial charge in [-0.2, -0.15) is 0 Å². The van der Waals surface area contributed by atoms with Crippen LogP contribution in [0.2, 0.25) is 5.02 Å². The number of hydrogen-bond acceptors (Lipinski definition) is 8. The minimum Gasteiger partial charge on any atom is -0.508 e. The van der Waals surface area contributed by atoms with Crippen molar-refractivity contribution in [2.24, 2.45) is 0 Å². The Labute approximate surface area is 271 Å². The van der Waals surface area contributed by atoms with Gasteiger partial charge in [-0.1, -0.05) is 35.9 Å². The van der Waals surface area contributed by atoms with Crippen LogP contribution < -0.4 is 21.0 Å². The van der Waals surface area contributed by atoms with Crippen LogP contribution in [0.1, 0.15) is 26.5 Å². The van der Waals surface area contributed by atoms with Gasteiger partial charge in [0.05, 0.1) is 10.9 Å². The zero-order valence-electron chi connectivity index (χ0n) is 25.7. The Morgan fingerprint density at radius 1 is 0.957 bits per heavy atom. The number of piperazine rings is 1. The van der Waals surface area contributed by atoms with E-state index in [1.54, 1.807) is 35.2 Å². The zero-order chi connectivity index (χ0) is 32.8. The molecule has 3 N–H and O–H groups in total. The van der Waals surface area contributed by atoms with E-state index in [0.29, 0.717) is 43.3 Å². The van der Waals surface area contributed by atoms with Gasteiger partial charge in [-0.3, -0.25) is 19.2 Å². The second kappa shape index (κ2) is 14.5. The average molecular weight is 646 g/mol. The molecule has 0 saturated carbocycles. The Hall–Kier alpha value is -4.87. The number of para-hydroxylation sites is 1. The van der Waals surface area contributed by atoms with Gasteiger partial charge in [-0.15, -0.1) is 0 Å². The molecule has 0 spiro atoms. The normalized spacial score (nSPS) is 13.9. The summed E-state index contributed by atoms with van der Waals surface area (Å²) in [6.45, 7) is 2.95. The number of likely N-dealkylation sites (N-methyl/N-ethyl adjacent to an activating group) is 1. The van der Waals surface area contributed by atoms with Crippen LogP contribution in [0.4, 0.5) is 5.69 Å². The molecule has 5 rings (SSSR count). The second-order valence-corrected chi connectivity index (χ2v) is 11.8. The molecule has 11 nitrogen and oxygen atoms in total. The first-order valence-corrected chi connectivity index (χ1v) is 15.3. The summed E-state index contributed by atoms with van der Waals surface area (Å²) < 4.78 is 5.65. The van der Waals surface area contributed by atoms with Crippen molar-refractivity contribution in [2.45, 2.75) is 12.5 Å². The van der Waals surface area contributed by atoms with Gasteiger partial charge in [-0.05, 0) is 56.1 Å². The highest BCUT2D eigenvalue weighted by Gasteiger charge is 2.31. The van der Waals surface area contributed by atoms with Crippen molar-refractivity contribution in [2.75, 3.05) is 58.3 Å². The lowest BCUT2D eigenvalue weighted by atomic mass is 10.0. The van der Waals surface area contributed by atoms with Gasteiger partial charge in [0, 0.05) is 68.5 Å². The predicted molar refractivity (Wildman–Crippen MR) is 177 cm³/mol. The average Bonchev–Trinajstić information content (AvgIpc) is 3.04. The van der Waals surface area contributed by atoms with Crippen LogP contribution in [0.5, 0.6) is 5.75 Å². The van der Waals surface area contributed by atoms with Crippen molar-refractivity contribution < 1.29 is 23.9 Å². The van der Waals surface area contributed by atoms with Gasteiger partial charge in [0.2, 0.25) is 5.91 Å². The van der Waals surface area contributed by atoms with E-state index in [4.69, 9.17) is 16.0 Å². The molecule has 0 unspecified atom stereocenters. The monoisotopic (exact) mass is 645 g/mol. The Kier molecular flexibility index (Phi) is 10.2. The molecule has 3 amide bonds. The zero-order valence-corrected chi connectivity index (χ0v) is 26.4. The number of carbonyl (C=O) groups excluding carboxylic acids is 3. The van der Waals surface area contributed by atoms with E-state index in [1.807, 2.05) is 37.2 Å². The summed E-state index contributed by atoms with van der Waals surface area (Å²) in [5.41, 5.74) is 1.75. The highest BCUT2D eigenvalue weighted by molar-refractivity contribution is 6.30. The van der Waals surface area contributed by atoms with Gasteiger partial charge < -0.3 is 34.9 Å². The first-order valence-electron chi connectivity index (χ1n) is 15.0. The minimum atomic E-state index is -0.972. The molecule has 46 heavy (non-hydrogen) atoms. The molecule has 4 aromatic rings.